The van der Waals surface area contributed by atoms with E-state index < -0.39 is 18.1 Å². The van der Waals surface area contributed by atoms with Gasteiger partial charge in [0.1, 0.15) is 11.2 Å². The first kappa shape index (κ1) is 14.6. The Balaban J connectivity index is 2.42. The third-order valence-electron chi connectivity index (χ3n) is 2.98. The summed E-state index contributed by atoms with van der Waals surface area (Å²) in [6, 6.07) is 8.19. The highest BCUT2D eigenvalue weighted by Gasteiger charge is 2.16. The fourth-order valence-corrected chi connectivity index (χ4v) is 3.59. The monoisotopic (exact) mass is 364 g/mol. The Labute approximate surface area is 128 Å². The summed E-state index contributed by atoms with van der Waals surface area (Å²) in [5.41, 5.74) is 0.830. The van der Waals surface area contributed by atoms with Crippen molar-refractivity contribution in [3.05, 3.63) is 36.4 Å². The van der Waals surface area contributed by atoms with Gasteiger partial charge in [0.05, 0.1) is 9.79 Å². The molecule has 9 heteroatoms. The standard InChI is InChI=1S/C12H6Cl2O5S2/c13-20(15,16)7-1-3-11-9(5-7)10-6-8(21(14,17)18)2-4-12(10)19-11/h1-6H. The molecule has 0 spiro atoms. The highest BCUT2D eigenvalue weighted by atomic mass is 35.7. The predicted octanol–water partition coefficient (Wildman–Crippen LogP) is 3.44. The van der Waals surface area contributed by atoms with Crippen molar-refractivity contribution in [3.8, 4) is 0 Å². The van der Waals surface area contributed by atoms with Crippen LogP contribution in [0.2, 0.25) is 0 Å². The highest BCUT2D eigenvalue weighted by Crippen LogP contribution is 2.33. The molecule has 0 unspecified atom stereocenters. The van der Waals surface area contributed by atoms with Crippen molar-refractivity contribution < 1.29 is 21.3 Å². The first-order valence-corrected chi connectivity index (χ1v) is 10.1. The zero-order chi connectivity index (χ0) is 15.4. The first-order chi connectivity index (χ1) is 9.66. The third-order valence-corrected chi connectivity index (χ3v) is 5.68. The molecule has 0 aliphatic heterocycles. The van der Waals surface area contributed by atoms with Gasteiger partial charge in [0.15, 0.2) is 0 Å². The van der Waals surface area contributed by atoms with E-state index in [1.807, 2.05) is 0 Å². The van der Waals surface area contributed by atoms with Crippen molar-refractivity contribution >= 4 is 61.4 Å². The number of rotatable bonds is 2. The molecule has 0 aliphatic carbocycles. The van der Waals surface area contributed by atoms with Crippen LogP contribution in [0.15, 0.2) is 50.6 Å². The molecule has 110 valence electrons. The number of benzene rings is 2. The Morgan fingerprint density at radius 2 is 1.10 bits per heavy atom. The van der Waals surface area contributed by atoms with Crippen LogP contribution in [0.1, 0.15) is 0 Å². The molecule has 0 saturated heterocycles. The van der Waals surface area contributed by atoms with Crippen LogP contribution >= 0.6 is 21.4 Å². The van der Waals surface area contributed by atoms with Crippen LogP contribution in [-0.4, -0.2) is 16.8 Å². The topological polar surface area (TPSA) is 81.4 Å². The van der Waals surface area contributed by atoms with Gasteiger partial charge in [-0.2, -0.15) is 0 Å². The van der Waals surface area contributed by atoms with Crippen molar-refractivity contribution in [2.45, 2.75) is 9.79 Å². The van der Waals surface area contributed by atoms with Gasteiger partial charge in [0.25, 0.3) is 18.1 Å². The van der Waals surface area contributed by atoms with E-state index in [0.717, 1.165) is 0 Å². The lowest BCUT2D eigenvalue weighted by molar-refractivity contribution is 0.608. The molecular weight excluding hydrogens is 359 g/mol. The summed E-state index contributed by atoms with van der Waals surface area (Å²) in [4.78, 5) is -0.197. The fraction of sp³-hybridized carbons (Fsp3) is 0. The number of hydrogen-bond acceptors (Lipinski definition) is 5. The third kappa shape index (κ3) is 2.62. The minimum atomic E-state index is -3.89. The molecule has 5 nitrogen and oxygen atoms in total. The Bertz CT molecular complexity index is 995. The Morgan fingerprint density at radius 3 is 1.43 bits per heavy atom. The summed E-state index contributed by atoms with van der Waals surface area (Å²) in [5, 5.41) is 0.878. The molecule has 0 N–H and O–H groups in total. The van der Waals surface area contributed by atoms with Crippen LogP contribution in [0, 0.1) is 0 Å². The number of hydrogen-bond donors (Lipinski definition) is 0. The maximum atomic E-state index is 11.4. The van der Waals surface area contributed by atoms with Crippen LogP contribution in [0.3, 0.4) is 0 Å². The molecule has 1 aromatic heterocycles. The predicted molar refractivity (Wildman–Crippen MR) is 79.8 cm³/mol. The van der Waals surface area contributed by atoms with Gasteiger partial charge in [0.2, 0.25) is 0 Å². The van der Waals surface area contributed by atoms with E-state index in [1.54, 1.807) is 0 Å². The summed E-state index contributed by atoms with van der Waals surface area (Å²) in [7, 11) is 2.83. The summed E-state index contributed by atoms with van der Waals surface area (Å²) < 4.78 is 51.0. The van der Waals surface area contributed by atoms with Crippen LogP contribution in [-0.2, 0) is 18.1 Å². The molecule has 0 amide bonds. The average molecular weight is 365 g/mol. The minimum absolute atomic E-state index is 0.0986. The fourth-order valence-electron chi connectivity index (χ4n) is 2.04. The van der Waals surface area contributed by atoms with E-state index in [-0.39, 0.29) is 9.79 Å². The van der Waals surface area contributed by atoms with Gasteiger partial charge in [-0.3, -0.25) is 0 Å². The quantitative estimate of drug-likeness (QED) is 0.650. The summed E-state index contributed by atoms with van der Waals surface area (Å²) in [6.45, 7) is 0. The number of halogens is 2. The van der Waals surface area contributed by atoms with Gasteiger partial charge < -0.3 is 4.42 Å². The summed E-state index contributed by atoms with van der Waals surface area (Å²) >= 11 is 0. The second-order valence-electron chi connectivity index (χ2n) is 4.29. The second kappa shape index (κ2) is 4.61. The molecule has 0 fully saturated rings. The maximum absolute atomic E-state index is 11.4. The van der Waals surface area contributed by atoms with E-state index in [1.165, 1.54) is 36.4 Å². The normalized spacial score (nSPS) is 13.0. The Hall–Kier alpha value is -1.28. The first-order valence-electron chi connectivity index (χ1n) is 5.52. The van der Waals surface area contributed by atoms with E-state index >= 15 is 0 Å². The molecule has 1 heterocycles. The zero-order valence-electron chi connectivity index (χ0n) is 10.1. The van der Waals surface area contributed by atoms with Crippen molar-refractivity contribution in [3.63, 3.8) is 0 Å². The van der Waals surface area contributed by atoms with Crippen LogP contribution in [0.25, 0.3) is 21.9 Å². The minimum Gasteiger partial charge on any atom is -0.456 e. The highest BCUT2D eigenvalue weighted by molar-refractivity contribution is 8.14. The average Bonchev–Trinajstić information content (AvgIpc) is 2.73. The van der Waals surface area contributed by atoms with Gasteiger partial charge in [-0.15, -0.1) is 0 Å². The van der Waals surface area contributed by atoms with Gasteiger partial charge in [0, 0.05) is 32.1 Å². The molecule has 2 aromatic carbocycles. The van der Waals surface area contributed by atoms with Crippen LogP contribution < -0.4 is 0 Å². The Morgan fingerprint density at radius 1 is 0.714 bits per heavy atom. The molecule has 3 aromatic rings. The van der Waals surface area contributed by atoms with E-state index in [4.69, 9.17) is 25.8 Å². The number of fused-ring (bicyclic) bond motifs is 3. The van der Waals surface area contributed by atoms with Crippen molar-refractivity contribution in [1.29, 1.82) is 0 Å². The molecule has 21 heavy (non-hydrogen) atoms. The molecule has 3 rings (SSSR count). The van der Waals surface area contributed by atoms with Gasteiger partial charge in [-0.25, -0.2) is 16.8 Å². The lowest BCUT2D eigenvalue weighted by atomic mass is 10.1. The van der Waals surface area contributed by atoms with Crippen molar-refractivity contribution in [1.82, 2.24) is 0 Å². The van der Waals surface area contributed by atoms with E-state index in [2.05, 4.69) is 0 Å². The second-order valence-corrected chi connectivity index (χ2v) is 9.43. The smallest absolute Gasteiger partial charge is 0.261 e. The molecule has 0 bridgehead atoms. The van der Waals surface area contributed by atoms with Crippen LogP contribution in [0.4, 0.5) is 0 Å². The van der Waals surface area contributed by atoms with Crippen LogP contribution in [0.5, 0.6) is 0 Å². The Kier molecular flexibility index (Phi) is 3.21. The van der Waals surface area contributed by atoms with E-state index in [0.29, 0.717) is 21.9 Å². The number of furan rings is 1. The largest absolute Gasteiger partial charge is 0.456 e. The molecule has 0 radical (unpaired) electrons. The van der Waals surface area contributed by atoms with Crippen molar-refractivity contribution in [2.75, 3.05) is 0 Å². The zero-order valence-corrected chi connectivity index (χ0v) is 13.2. The molecular formula is C12H6Cl2O5S2. The van der Waals surface area contributed by atoms with Gasteiger partial charge in [-0.05, 0) is 36.4 Å². The van der Waals surface area contributed by atoms with Gasteiger partial charge in [-0.1, -0.05) is 0 Å². The van der Waals surface area contributed by atoms with Gasteiger partial charge >= 0.3 is 0 Å². The lowest BCUT2D eigenvalue weighted by Gasteiger charge is -1.97. The lowest BCUT2D eigenvalue weighted by Crippen LogP contribution is -1.90. The summed E-state index contributed by atoms with van der Waals surface area (Å²) in [6.07, 6.45) is 0. The van der Waals surface area contributed by atoms with E-state index in [9.17, 15) is 16.8 Å². The van der Waals surface area contributed by atoms with Crippen molar-refractivity contribution in [2.24, 2.45) is 0 Å². The summed E-state index contributed by atoms with van der Waals surface area (Å²) in [5.74, 6) is 0. The SMILES string of the molecule is O=S(=O)(Cl)c1ccc2oc3ccc(S(=O)(=O)Cl)cc3c2c1. The molecule has 0 aliphatic rings. The molecule has 0 saturated carbocycles. The molecule has 0 atom stereocenters. The maximum Gasteiger partial charge on any atom is 0.261 e.